The van der Waals surface area contributed by atoms with Crippen LogP contribution >= 0.6 is 22.9 Å². The molecule has 0 spiro atoms. The number of anilines is 1. The second-order valence-electron chi connectivity index (χ2n) is 5.99. The quantitative estimate of drug-likeness (QED) is 0.735. The van der Waals surface area contributed by atoms with Crippen LogP contribution in [0.3, 0.4) is 0 Å². The number of aryl methyl sites for hydroxylation is 1. The summed E-state index contributed by atoms with van der Waals surface area (Å²) in [5, 5.41) is 3.91. The van der Waals surface area contributed by atoms with Crippen LogP contribution in [0.15, 0.2) is 24.3 Å². The number of ether oxygens (including phenoxy) is 2. The van der Waals surface area contributed by atoms with E-state index in [9.17, 15) is 9.59 Å². The van der Waals surface area contributed by atoms with Crippen molar-refractivity contribution in [1.82, 2.24) is 0 Å². The van der Waals surface area contributed by atoms with Crippen molar-refractivity contribution < 1.29 is 19.1 Å². The van der Waals surface area contributed by atoms with Crippen LogP contribution < -0.4 is 10.1 Å². The smallest absolute Gasteiger partial charge is 0.341 e. The summed E-state index contributed by atoms with van der Waals surface area (Å²) in [5.74, 6) is -0.194. The molecule has 1 amide bonds. The van der Waals surface area contributed by atoms with Crippen molar-refractivity contribution in [2.24, 2.45) is 0 Å². The highest BCUT2D eigenvalue weighted by atomic mass is 35.5. The molecule has 3 rings (SSSR count). The van der Waals surface area contributed by atoms with Crippen molar-refractivity contribution in [2.75, 3.05) is 11.9 Å². The number of nitrogens with one attached hydrogen (secondary N) is 1. The number of benzene rings is 1. The van der Waals surface area contributed by atoms with Gasteiger partial charge in [-0.3, -0.25) is 4.79 Å². The molecular weight excluding hydrogens is 374 g/mol. The van der Waals surface area contributed by atoms with Crippen LogP contribution in [0.1, 0.15) is 41.1 Å². The molecule has 1 aromatic heterocycles. The standard InChI is InChI=1S/C19H20ClNO4S/c1-3-24-19(23)16-14-8-5-9-15(14)26-18(16)21-17(22)11(2)25-13-7-4-6-12(20)10-13/h4,6-7,10-11H,3,5,8-9H2,1-2H3,(H,21,22). The molecule has 0 saturated heterocycles. The minimum absolute atomic E-state index is 0.297. The predicted molar refractivity (Wildman–Crippen MR) is 102 cm³/mol. The number of carbonyl (C=O) groups is 2. The van der Waals surface area contributed by atoms with E-state index in [1.807, 2.05) is 0 Å². The largest absolute Gasteiger partial charge is 0.481 e. The summed E-state index contributed by atoms with van der Waals surface area (Å²) in [7, 11) is 0. The molecule has 1 heterocycles. The first-order chi connectivity index (χ1) is 12.5. The second kappa shape index (κ2) is 8.10. The Hall–Kier alpha value is -2.05. The normalized spacial score (nSPS) is 13.8. The zero-order valence-electron chi connectivity index (χ0n) is 14.6. The molecule has 1 atom stereocenters. The number of amides is 1. The summed E-state index contributed by atoms with van der Waals surface area (Å²) >= 11 is 7.38. The third kappa shape index (κ3) is 4.02. The van der Waals surface area contributed by atoms with Crippen molar-refractivity contribution in [3.8, 4) is 5.75 Å². The molecule has 26 heavy (non-hydrogen) atoms. The van der Waals surface area contributed by atoms with Crippen LogP contribution in [-0.2, 0) is 22.4 Å². The first kappa shape index (κ1) is 18.7. The van der Waals surface area contributed by atoms with Gasteiger partial charge in [-0.2, -0.15) is 0 Å². The fraction of sp³-hybridized carbons (Fsp3) is 0.368. The van der Waals surface area contributed by atoms with Crippen LogP contribution in [0.4, 0.5) is 5.00 Å². The minimum atomic E-state index is -0.736. The van der Waals surface area contributed by atoms with E-state index in [0.29, 0.717) is 27.9 Å². The summed E-state index contributed by atoms with van der Waals surface area (Å²) in [5.41, 5.74) is 1.50. The topological polar surface area (TPSA) is 64.6 Å². The third-order valence-corrected chi connectivity index (χ3v) is 5.56. The van der Waals surface area contributed by atoms with Gasteiger partial charge in [-0.05, 0) is 56.9 Å². The van der Waals surface area contributed by atoms with Gasteiger partial charge >= 0.3 is 5.97 Å². The van der Waals surface area contributed by atoms with Crippen molar-refractivity contribution in [3.05, 3.63) is 45.3 Å². The lowest BCUT2D eigenvalue weighted by Crippen LogP contribution is -2.30. The van der Waals surface area contributed by atoms with Crippen LogP contribution in [0.25, 0.3) is 0 Å². The Balaban J connectivity index is 1.75. The number of hydrogen-bond acceptors (Lipinski definition) is 5. The molecule has 1 unspecified atom stereocenters. The van der Waals surface area contributed by atoms with Crippen molar-refractivity contribution >= 4 is 39.8 Å². The van der Waals surface area contributed by atoms with Gasteiger partial charge in [0, 0.05) is 9.90 Å². The van der Waals surface area contributed by atoms with E-state index < -0.39 is 6.10 Å². The maximum absolute atomic E-state index is 12.5. The lowest BCUT2D eigenvalue weighted by atomic mass is 10.1. The fourth-order valence-electron chi connectivity index (χ4n) is 2.92. The molecule has 0 fully saturated rings. The Morgan fingerprint density at radius 3 is 2.88 bits per heavy atom. The maximum Gasteiger partial charge on any atom is 0.341 e. The lowest BCUT2D eigenvalue weighted by molar-refractivity contribution is -0.122. The molecule has 138 valence electrons. The lowest BCUT2D eigenvalue weighted by Gasteiger charge is -2.15. The summed E-state index contributed by atoms with van der Waals surface area (Å²) in [4.78, 5) is 26.0. The van der Waals surface area contributed by atoms with Crippen molar-refractivity contribution in [1.29, 1.82) is 0 Å². The molecule has 5 nitrogen and oxygen atoms in total. The SMILES string of the molecule is CCOC(=O)c1c(NC(=O)C(C)Oc2cccc(Cl)c2)sc2c1CCC2. The molecular formula is C19H20ClNO4S. The van der Waals surface area contributed by atoms with Crippen LogP contribution in [-0.4, -0.2) is 24.6 Å². The van der Waals surface area contributed by atoms with Gasteiger partial charge in [0.1, 0.15) is 10.8 Å². The minimum Gasteiger partial charge on any atom is -0.481 e. The van der Waals surface area contributed by atoms with Gasteiger partial charge in [-0.15, -0.1) is 11.3 Å². The zero-order chi connectivity index (χ0) is 18.7. The first-order valence-electron chi connectivity index (χ1n) is 8.54. The summed E-state index contributed by atoms with van der Waals surface area (Å²) in [6.07, 6.45) is 2.05. The van der Waals surface area contributed by atoms with Crippen molar-refractivity contribution in [3.63, 3.8) is 0 Å². The van der Waals surface area contributed by atoms with E-state index in [0.717, 1.165) is 29.7 Å². The van der Waals surface area contributed by atoms with Crippen molar-refractivity contribution in [2.45, 2.75) is 39.2 Å². The Labute approximate surface area is 161 Å². The summed E-state index contributed by atoms with van der Waals surface area (Å²) < 4.78 is 10.8. The first-order valence-corrected chi connectivity index (χ1v) is 9.73. The van der Waals surface area contributed by atoms with Crippen LogP contribution in [0, 0.1) is 0 Å². The Kier molecular flexibility index (Phi) is 5.84. The van der Waals surface area contributed by atoms with E-state index in [2.05, 4.69) is 5.32 Å². The third-order valence-electron chi connectivity index (χ3n) is 4.12. The van der Waals surface area contributed by atoms with E-state index in [1.165, 1.54) is 11.3 Å². The van der Waals surface area contributed by atoms with Gasteiger partial charge in [0.25, 0.3) is 5.91 Å². The average Bonchev–Trinajstić information content (AvgIpc) is 3.15. The highest BCUT2D eigenvalue weighted by molar-refractivity contribution is 7.17. The molecule has 1 aromatic carbocycles. The van der Waals surface area contributed by atoms with Crippen LogP contribution in [0.2, 0.25) is 5.02 Å². The number of rotatable bonds is 6. The molecule has 7 heteroatoms. The molecule has 1 aliphatic carbocycles. The fourth-order valence-corrected chi connectivity index (χ4v) is 4.38. The highest BCUT2D eigenvalue weighted by Crippen LogP contribution is 2.39. The van der Waals surface area contributed by atoms with Gasteiger partial charge in [0.05, 0.1) is 12.2 Å². The van der Waals surface area contributed by atoms with Gasteiger partial charge < -0.3 is 14.8 Å². The molecule has 0 radical (unpaired) electrons. The monoisotopic (exact) mass is 393 g/mol. The summed E-state index contributed by atoms with van der Waals surface area (Å²) in [6, 6.07) is 6.87. The second-order valence-corrected chi connectivity index (χ2v) is 7.53. The predicted octanol–water partition coefficient (Wildman–Crippen LogP) is 4.47. The van der Waals surface area contributed by atoms with E-state index in [-0.39, 0.29) is 11.9 Å². The number of carbonyl (C=O) groups excluding carboxylic acids is 2. The van der Waals surface area contributed by atoms with Crippen LogP contribution in [0.5, 0.6) is 5.75 Å². The number of thiophene rings is 1. The van der Waals surface area contributed by atoms with Gasteiger partial charge in [0.15, 0.2) is 6.10 Å². The number of hydrogen-bond donors (Lipinski definition) is 1. The van der Waals surface area contributed by atoms with Gasteiger partial charge in [0.2, 0.25) is 0 Å². The number of halogens is 1. The number of esters is 1. The maximum atomic E-state index is 12.5. The van der Waals surface area contributed by atoms with Gasteiger partial charge in [-0.25, -0.2) is 4.79 Å². The average molecular weight is 394 g/mol. The molecule has 1 N–H and O–H groups in total. The van der Waals surface area contributed by atoms with E-state index in [4.69, 9.17) is 21.1 Å². The Bertz CT molecular complexity index is 833. The molecule has 0 saturated carbocycles. The van der Waals surface area contributed by atoms with Gasteiger partial charge in [-0.1, -0.05) is 17.7 Å². The molecule has 0 aliphatic heterocycles. The zero-order valence-corrected chi connectivity index (χ0v) is 16.2. The van der Waals surface area contributed by atoms with E-state index >= 15 is 0 Å². The molecule has 1 aliphatic rings. The summed E-state index contributed by atoms with van der Waals surface area (Å²) in [6.45, 7) is 3.72. The van der Waals surface area contributed by atoms with E-state index in [1.54, 1.807) is 38.1 Å². The Morgan fingerprint density at radius 2 is 2.15 bits per heavy atom. The number of fused-ring (bicyclic) bond motifs is 1. The Morgan fingerprint density at radius 1 is 1.35 bits per heavy atom. The molecule has 2 aromatic rings. The highest BCUT2D eigenvalue weighted by Gasteiger charge is 2.29. The molecule has 0 bridgehead atoms.